The number of aryl methyl sites for hydroxylation is 1. The fourth-order valence-corrected chi connectivity index (χ4v) is 1.96. The van der Waals surface area contributed by atoms with Gasteiger partial charge in [-0.2, -0.15) is 0 Å². The SMILES string of the molecule is Cc1ccc(N)c(CNCC2CC2C)c1. The van der Waals surface area contributed by atoms with Gasteiger partial charge in [-0.3, -0.25) is 0 Å². The number of hydrogen-bond acceptors (Lipinski definition) is 2. The first kappa shape index (κ1) is 10.5. The van der Waals surface area contributed by atoms with Crippen LogP contribution < -0.4 is 11.1 Å². The van der Waals surface area contributed by atoms with E-state index in [2.05, 4.69) is 31.3 Å². The van der Waals surface area contributed by atoms with E-state index in [1.54, 1.807) is 0 Å². The van der Waals surface area contributed by atoms with E-state index < -0.39 is 0 Å². The van der Waals surface area contributed by atoms with Gasteiger partial charge in [0.05, 0.1) is 0 Å². The van der Waals surface area contributed by atoms with E-state index in [4.69, 9.17) is 5.73 Å². The highest BCUT2D eigenvalue weighted by Gasteiger charge is 2.31. The van der Waals surface area contributed by atoms with Crippen LogP contribution in [0.3, 0.4) is 0 Å². The summed E-state index contributed by atoms with van der Waals surface area (Å²) >= 11 is 0. The van der Waals surface area contributed by atoms with Gasteiger partial charge in [0.25, 0.3) is 0 Å². The third kappa shape index (κ3) is 2.72. The average Bonchev–Trinajstić information content (AvgIpc) is 2.88. The molecule has 1 aromatic carbocycles. The quantitative estimate of drug-likeness (QED) is 0.739. The van der Waals surface area contributed by atoms with Crippen molar-refractivity contribution in [1.29, 1.82) is 0 Å². The summed E-state index contributed by atoms with van der Waals surface area (Å²) < 4.78 is 0. The molecule has 0 saturated heterocycles. The van der Waals surface area contributed by atoms with Gasteiger partial charge < -0.3 is 11.1 Å². The van der Waals surface area contributed by atoms with Crippen molar-refractivity contribution in [3.05, 3.63) is 29.3 Å². The van der Waals surface area contributed by atoms with Crippen LogP contribution in [0.5, 0.6) is 0 Å². The Labute approximate surface area is 91.9 Å². The normalized spacial score (nSPS) is 24.1. The van der Waals surface area contributed by atoms with Crippen molar-refractivity contribution in [3.63, 3.8) is 0 Å². The van der Waals surface area contributed by atoms with E-state index >= 15 is 0 Å². The maximum atomic E-state index is 5.91. The molecule has 3 N–H and O–H groups in total. The van der Waals surface area contributed by atoms with Gasteiger partial charge in [0.15, 0.2) is 0 Å². The molecule has 2 atom stereocenters. The molecule has 1 saturated carbocycles. The monoisotopic (exact) mass is 204 g/mol. The van der Waals surface area contributed by atoms with Gasteiger partial charge >= 0.3 is 0 Å². The Morgan fingerprint density at radius 3 is 2.87 bits per heavy atom. The Morgan fingerprint density at radius 2 is 2.20 bits per heavy atom. The largest absolute Gasteiger partial charge is 0.398 e. The van der Waals surface area contributed by atoms with E-state index in [1.165, 1.54) is 17.5 Å². The number of anilines is 1. The molecule has 2 heteroatoms. The van der Waals surface area contributed by atoms with E-state index in [0.29, 0.717) is 0 Å². The Bertz CT molecular complexity index is 346. The van der Waals surface area contributed by atoms with E-state index in [1.807, 2.05) is 6.07 Å². The van der Waals surface area contributed by atoms with Crippen molar-refractivity contribution in [1.82, 2.24) is 5.32 Å². The highest BCUT2D eigenvalue weighted by Crippen LogP contribution is 2.36. The van der Waals surface area contributed by atoms with Crippen LogP contribution in [0, 0.1) is 18.8 Å². The van der Waals surface area contributed by atoms with Gasteiger partial charge in [0.2, 0.25) is 0 Å². The number of hydrogen-bond donors (Lipinski definition) is 2. The molecule has 0 aromatic heterocycles. The zero-order valence-corrected chi connectivity index (χ0v) is 9.59. The predicted octanol–water partition coefficient (Wildman–Crippen LogP) is 2.32. The average molecular weight is 204 g/mol. The van der Waals surface area contributed by atoms with Crippen LogP contribution in [0.4, 0.5) is 5.69 Å². The van der Waals surface area contributed by atoms with Crippen LogP contribution in [-0.2, 0) is 6.54 Å². The number of nitrogen functional groups attached to an aromatic ring is 1. The third-order valence-electron chi connectivity index (χ3n) is 3.30. The van der Waals surface area contributed by atoms with Crippen molar-refractivity contribution in [3.8, 4) is 0 Å². The van der Waals surface area contributed by atoms with Crippen LogP contribution in [0.1, 0.15) is 24.5 Å². The summed E-state index contributed by atoms with van der Waals surface area (Å²) in [6.45, 7) is 6.45. The smallest absolute Gasteiger partial charge is 0.0359 e. The molecular formula is C13H20N2. The molecule has 15 heavy (non-hydrogen) atoms. The standard InChI is InChI=1S/C13H20N2/c1-9-3-4-13(14)12(5-9)8-15-7-11-6-10(11)2/h3-5,10-11,15H,6-8,14H2,1-2H3. The minimum absolute atomic E-state index is 0.899. The summed E-state index contributed by atoms with van der Waals surface area (Å²) in [5.74, 6) is 1.82. The van der Waals surface area contributed by atoms with E-state index in [-0.39, 0.29) is 0 Å². The fourth-order valence-electron chi connectivity index (χ4n) is 1.96. The lowest BCUT2D eigenvalue weighted by Crippen LogP contribution is -2.17. The molecular weight excluding hydrogens is 184 g/mol. The van der Waals surface area contributed by atoms with Crippen molar-refractivity contribution in [2.75, 3.05) is 12.3 Å². The second-order valence-electron chi connectivity index (χ2n) is 4.81. The number of nitrogens with one attached hydrogen (secondary N) is 1. The van der Waals surface area contributed by atoms with Gasteiger partial charge in [-0.25, -0.2) is 0 Å². The molecule has 1 fully saturated rings. The highest BCUT2D eigenvalue weighted by atomic mass is 14.9. The van der Waals surface area contributed by atoms with E-state index in [9.17, 15) is 0 Å². The molecule has 0 bridgehead atoms. The summed E-state index contributed by atoms with van der Waals surface area (Å²) in [4.78, 5) is 0. The number of rotatable bonds is 4. The molecule has 1 aliphatic carbocycles. The highest BCUT2D eigenvalue weighted by molar-refractivity contribution is 5.48. The van der Waals surface area contributed by atoms with Crippen molar-refractivity contribution in [2.24, 2.45) is 11.8 Å². The van der Waals surface area contributed by atoms with Gasteiger partial charge in [0, 0.05) is 12.2 Å². The van der Waals surface area contributed by atoms with Crippen molar-refractivity contribution in [2.45, 2.75) is 26.8 Å². The Hall–Kier alpha value is -1.02. The first-order valence-electron chi connectivity index (χ1n) is 5.72. The number of nitrogens with two attached hydrogens (primary N) is 1. The third-order valence-corrected chi connectivity index (χ3v) is 3.30. The van der Waals surface area contributed by atoms with Gasteiger partial charge in [-0.15, -0.1) is 0 Å². The van der Waals surface area contributed by atoms with Crippen molar-refractivity contribution >= 4 is 5.69 Å². The Balaban J connectivity index is 1.84. The summed E-state index contributed by atoms with van der Waals surface area (Å²) in [5, 5.41) is 3.48. The van der Waals surface area contributed by atoms with Crippen LogP contribution in [0.2, 0.25) is 0 Å². The van der Waals surface area contributed by atoms with Crippen LogP contribution in [0.25, 0.3) is 0 Å². The maximum absolute atomic E-state index is 5.91. The molecule has 82 valence electrons. The van der Waals surface area contributed by atoms with Gasteiger partial charge in [0.1, 0.15) is 0 Å². The van der Waals surface area contributed by atoms with Crippen LogP contribution in [0.15, 0.2) is 18.2 Å². The minimum atomic E-state index is 0.899. The van der Waals surface area contributed by atoms with Crippen LogP contribution in [-0.4, -0.2) is 6.54 Å². The summed E-state index contributed by atoms with van der Waals surface area (Å²) in [5.41, 5.74) is 9.31. The van der Waals surface area contributed by atoms with Gasteiger partial charge in [-0.05, 0) is 43.4 Å². The second-order valence-corrected chi connectivity index (χ2v) is 4.81. The minimum Gasteiger partial charge on any atom is -0.398 e. The molecule has 0 spiro atoms. The lowest BCUT2D eigenvalue weighted by atomic mass is 10.1. The first-order valence-corrected chi connectivity index (χ1v) is 5.72. The molecule has 1 aromatic rings. The molecule has 0 radical (unpaired) electrons. The summed E-state index contributed by atoms with van der Waals surface area (Å²) in [6.07, 6.45) is 1.39. The lowest BCUT2D eigenvalue weighted by Gasteiger charge is -2.08. The summed E-state index contributed by atoms with van der Waals surface area (Å²) in [6, 6.07) is 6.21. The number of benzene rings is 1. The first-order chi connectivity index (χ1) is 7.16. The van der Waals surface area contributed by atoms with Gasteiger partial charge in [-0.1, -0.05) is 24.6 Å². The molecule has 0 amide bonds. The molecule has 2 nitrogen and oxygen atoms in total. The molecule has 2 rings (SSSR count). The van der Waals surface area contributed by atoms with Crippen LogP contribution >= 0.6 is 0 Å². The van der Waals surface area contributed by atoms with Crippen molar-refractivity contribution < 1.29 is 0 Å². The zero-order chi connectivity index (χ0) is 10.8. The Kier molecular flexibility index (Phi) is 2.96. The lowest BCUT2D eigenvalue weighted by molar-refractivity contribution is 0.612. The summed E-state index contributed by atoms with van der Waals surface area (Å²) in [7, 11) is 0. The molecule has 1 aliphatic rings. The molecule has 0 heterocycles. The predicted molar refractivity (Wildman–Crippen MR) is 64.6 cm³/mol. The van der Waals surface area contributed by atoms with E-state index in [0.717, 1.165) is 30.6 Å². The maximum Gasteiger partial charge on any atom is 0.0359 e. The fraction of sp³-hybridized carbons (Fsp3) is 0.538. The Morgan fingerprint density at radius 1 is 1.47 bits per heavy atom. The molecule has 2 unspecified atom stereocenters. The molecule has 0 aliphatic heterocycles. The zero-order valence-electron chi connectivity index (χ0n) is 9.59. The topological polar surface area (TPSA) is 38.0 Å². The second kappa shape index (κ2) is 4.23.